The molecule has 2 aromatic carbocycles. The van der Waals surface area contributed by atoms with Gasteiger partial charge in [0.25, 0.3) is 5.91 Å². The van der Waals surface area contributed by atoms with E-state index in [-0.39, 0.29) is 36.2 Å². The van der Waals surface area contributed by atoms with Crippen LogP contribution in [0, 0.1) is 5.82 Å². The van der Waals surface area contributed by atoms with Crippen LogP contribution >= 0.6 is 11.6 Å². The molecule has 0 unspecified atom stereocenters. The fraction of sp³-hybridized carbons (Fsp3) is 0.303. The minimum atomic E-state index is -3.85. The summed E-state index contributed by atoms with van der Waals surface area (Å²) in [5, 5.41) is 12.0. The average Bonchev–Trinajstić information content (AvgIpc) is 3.61. The van der Waals surface area contributed by atoms with Gasteiger partial charge in [-0.25, -0.2) is 14.2 Å². The summed E-state index contributed by atoms with van der Waals surface area (Å²) in [5.74, 6) is -0.711. The lowest BCUT2D eigenvalue weighted by Gasteiger charge is -2.38. The molecule has 49 heavy (non-hydrogen) atoms. The molecule has 256 valence electrons. The highest BCUT2D eigenvalue weighted by molar-refractivity contribution is 6.20. The number of nitrogens with one attached hydrogen (secondary N) is 3. The second kappa shape index (κ2) is 14.1. The Labute approximate surface area is 284 Å². The number of anilines is 3. The molecular weight excluding hydrogens is 665 g/mol. The standard InChI is InChI=1S/C33H32ClF3N8O4/c1-43(19-20-2-5-24(17-27(20)35)45-15-11-29(46)41-32(45)48)23-9-13-44(14-10-23)30-26(28-8-12-39-42-28)16-21(18-38-30)31(47)40-22-3-6-25(7-4-22)49-33(34,36)37/h2-8,12,16-18,23H,9-11,13-15,19H2,1H3,(H,39,42)(H,40,47)(H,41,46,48). The fourth-order valence-corrected chi connectivity index (χ4v) is 6.03. The van der Waals surface area contributed by atoms with Gasteiger partial charge < -0.3 is 15.0 Å². The minimum absolute atomic E-state index is 0.158. The van der Waals surface area contributed by atoms with Crippen molar-refractivity contribution in [2.24, 2.45) is 0 Å². The summed E-state index contributed by atoms with van der Waals surface area (Å²) in [6, 6.07) is 13.1. The summed E-state index contributed by atoms with van der Waals surface area (Å²) in [6.45, 7) is 1.89. The Morgan fingerprint density at radius 1 is 1.10 bits per heavy atom. The zero-order valence-corrected chi connectivity index (χ0v) is 27.0. The van der Waals surface area contributed by atoms with E-state index in [4.69, 9.17) is 11.6 Å². The van der Waals surface area contributed by atoms with Crippen LogP contribution in [0.4, 0.5) is 35.2 Å². The Balaban J connectivity index is 1.09. The summed E-state index contributed by atoms with van der Waals surface area (Å²) < 4.78 is 45.3. The summed E-state index contributed by atoms with van der Waals surface area (Å²) in [7, 11) is 1.95. The van der Waals surface area contributed by atoms with Crippen LogP contribution in [0.3, 0.4) is 0 Å². The highest BCUT2D eigenvalue weighted by atomic mass is 35.5. The summed E-state index contributed by atoms with van der Waals surface area (Å²) in [6.07, 6.45) is 4.80. The number of hydrogen-bond donors (Lipinski definition) is 3. The Kier molecular flexibility index (Phi) is 9.74. The molecule has 12 nitrogen and oxygen atoms in total. The molecule has 2 aliphatic heterocycles. The maximum Gasteiger partial charge on any atom is 0.487 e. The molecule has 0 spiro atoms. The molecule has 4 amide bonds. The lowest BCUT2D eigenvalue weighted by molar-refractivity contribution is -0.120. The number of ether oxygens (including phenoxy) is 1. The minimum Gasteiger partial charge on any atom is -0.420 e. The quantitative estimate of drug-likeness (QED) is 0.183. The molecule has 16 heteroatoms. The van der Waals surface area contributed by atoms with Crippen LogP contribution in [0.5, 0.6) is 5.75 Å². The molecule has 2 aromatic heterocycles. The van der Waals surface area contributed by atoms with Gasteiger partial charge in [-0.3, -0.25) is 29.8 Å². The van der Waals surface area contributed by atoms with Crippen molar-refractivity contribution in [1.29, 1.82) is 0 Å². The van der Waals surface area contributed by atoms with E-state index in [1.807, 2.05) is 7.05 Å². The number of piperidine rings is 1. The number of nitrogens with zero attached hydrogens (tertiary/aromatic N) is 5. The van der Waals surface area contributed by atoms with Crippen LogP contribution in [0.1, 0.15) is 35.2 Å². The Hall–Kier alpha value is -5.15. The van der Waals surface area contributed by atoms with Crippen LogP contribution in [-0.2, 0) is 11.3 Å². The molecule has 2 fully saturated rings. The number of aromatic nitrogens is 3. The maximum absolute atomic E-state index is 15.1. The lowest BCUT2D eigenvalue weighted by Crippen LogP contribution is -2.49. The first-order valence-corrected chi connectivity index (χ1v) is 15.8. The van der Waals surface area contributed by atoms with E-state index in [9.17, 15) is 23.2 Å². The van der Waals surface area contributed by atoms with Gasteiger partial charge in [0, 0.05) is 85.1 Å². The van der Waals surface area contributed by atoms with Crippen molar-refractivity contribution in [2.45, 2.75) is 37.4 Å². The average molecular weight is 697 g/mol. The van der Waals surface area contributed by atoms with Crippen molar-refractivity contribution >= 4 is 46.6 Å². The first kappa shape index (κ1) is 33.7. The lowest BCUT2D eigenvalue weighted by atomic mass is 10.0. The smallest absolute Gasteiger partial charge is 0.420 e. The van der Waals surface area contributed by atoms with Crippen molar-refractivity contribution in [2.75, 3.05) is 41.8 Å². The summed E-state index contributed by atoms with van der Waals surface area (Å²) in [4.78, 5) is 47.0. The van der Waals surface area contributed by atoms with Crippen molar-refractivity contribution in [3.8, 4) is 17.0 Å². The van der Waals surface area contributed by atoms with Crippen molar-refractivity contribution < 1.29 is 32.3 Å². The van der Waals surface area contributed by atoms with Crippen molar-refractivity contribution in [3.05, 3.63) is 83.9 Å². The van der Waals surface area contributed by atoms with Crippen LogP contribution < -0.4 is 25.2 Å². The Morgan fingerprint density at radius 3 is 2.51 bits per heavy atom. The number of aromatic amines is 1. The third kappa shape index (κ3) is 8.12. The topological polar surface area (TPSA) is 136 Å². The zero-order chi connectivity index (χ0) is 34.7. The number of carbonyl (C=O) groups excluding carboxylic acids is 3. The van der Waals surface area contributed by atoms with Gasteiger partial charge in [-0.05, 0) is 68.4 Å². The number of carbonyl (C=O) groups is 3. The molecular formula is C33H32ClF3N8O4. The molecule has 0 radical (unpaired) electrons. The van der Waals surface area contributed by atoms with Gasteiger partial charge in [0.2, 0.25) is 5.91 Å². The molecule has 0 bridgehead atoms. The number of imide groups is 1. The second-order valence-electron chi connectivity index (χ2n) is 11.8. The van der Waals surface area contributed by atoms with Gasteiger partial charge in [0.05, 0.1) is 11.3 Å². The summed E-state index contributed by atoms with van der Waals surface area (Å²) in [5.41, 5.74) is -0.964. The van der Waals surface area contributed by atoms with Gasteiger partial charge in [0.15, 0.2) is 0 Å². The van der Waals surface area contributed by atoms with E-state index < -0.39 is 23.3 Å². The van der Waals surface area contributed by atoms with Crippen molar-refractivity contribution in [1.82, 2.24) is 25.4 Å². The maximum atomic E-state index is 15.1. The van der Waals surface area contributed by atoms with Gasteiger partial charge in [-0.1, -0.05) is 6.07 Å². The molecule has 4 aromatic rings. The number of urea groups is 1. The molecule has 2 saturated heterocycles. The number of pyridine rings is 1. The monoisotopic (exact) mass is 696 g/mol. The first-order chi connectivity index (χ1) is 23.4. The number of alkyl halides is 3. The second-order valence-corrected chi connectivity index (χ2v) is 12.2. The van der Waals surface area contributed by atoms with Gasteiger partial charge in [-0.2, -0.15) is 5.10 Å². The number of hydrogen-bond acceptors (Lipinski definition) is 8. The normalized spacial score (nSPS) is 15.8. The third-order valence-corrected chi connectivity index (χ3v) is 8.55. The van der Waals surface area contributed by atoms with Gasteiger partial charge in [-0.15, -0.1) is 8.78 Å². The van der Waals surface area contributed by atoms with E-state index in [1.165, 1.54) is 41.4 Å². The van der Waals surface area contributed by atoms with Gasteiger partial charge in [0.1, 0.15) is 17.4 Å². The predicted molar refractivity (Wildman–Crippen MR) is 176 cm³/mol. The Bertz CT molecular complexity index is 1830. The largest absolute Gasteiger partial charge is 0.487 e. The number of benzene rings is 2. The van der Waals surface area contributed by atoms with Crippen LogP contribution in [-0.4, -0.2) is 76.2 Å². The van der Waals surface area contributed by atoms with E-state index >= 15 is 4.39 Å². The Morgan fingerprint density at radius 2 is 1.86 bits per heavy atom. The van der Waals surface area contributed by atoms with Gasteiger partial charge >= 0.3 is 11.6 Å². The van der Waals surface area contributed by atoms with E-state index in [2.05, 4.69) is 40.4 Å². The number of H-pyrrole nitrogens is 1. The van der Waals surface area contributed by atoms with Crippen LogP contribution in [0.25, 0.3) is 11.3 Å². The molecule has 2 aliphatic rings. The highest BCUT2D eigenvalue weighted by Gasteiger charge is 2.29. The van der Waals surface area contributed by atoms with Crippen LogP contribution in [0.15, 0.2) is 67.0 Å². The molecule has 4 heterocycles. The van der Waals surface area contributed by atoms with E-state index in [1.54, 1.807) is 30.5 Å². The number of halogens is 4. The predicted octanol–water partition coefficient (Wildman–Crippen LogP) is 5.58. The molecule has 0 saturated carbocycles. The third-order valence-electron chi connectivity index (χ3n) is 8.47. The van der Waals surface area contributed by atoms with E-state index in [0.29, 0.717) is 53.6 Å². The molecule has 3 N–H and O–H groups in total. The molecule has 6 rings (SSSR count). The van der Waals surface area contributed by atoms with Crippen molar-refractivity contribution in [3.63, 3.8) is 0 Å². The fourth-order valence-electron chi connectivity index (χ4n) is 5.94. The number of amides is 4. The van der Waals surface area contributed by atoms with E-state index in [0.717, 1.165) is 12.8 Å². The highest BCUT2D eigenvalue weighted by Crippen LogP contribution is 2.32. The van der Waals surface area contributed by atoms with Crippen LogP contribution in [0.2, 0.25) is 0 Å². The summed E-state index contributed by atoms with van der Waals surface area (Å²) >= 11 is 4.81. The zero-order valence-electron chi connectivity index (χ0n) is 26.3. The molecule has 0 aliphatic carbocycles. The molecule has 0 atom stereocenters. The first-order valence-electron chi connectivity index (χ1n) is 15.5. The number of rotatable bonds is 10. The SMILES string of the molecule is CN(Cc1ccc(N2CCC(=O)NC2=O)cc1F)C1CCN(c2ncc(C(=O)Nc3ccc(OC(F)(F)Cl)cc3)cc2-c2ccn[nH]2)CC1.